The molecule has 0 bridgehead atoms. The van der Waals surface area contributed by atoms with E-state index in [-0.39, 0.29) is 24.7 Å². The van der Waals surface area contributed by atoms with Crippen LogP contribution in [0.1, 0.15) is 44.2 Å². The van der Waals surface area contributed by atoms with E-state index in [1.165, 1.54) is 0 Å². The number of hydrogen-bond donors (Lipinski definition) is 3. The number of nitrogens with two attached hydrogens (primary N) is 1. The summed E-state index contributed by atoms with van der Waals surface area (Å²) in [4.78, 5) is 14.1. The maximum absolute atomic E-state index is 12.4. The summed E-state index contributed by atoms with van der Waals surface area (Å²) in [6.07, 6.45) is 4.04. The Labute approximate surface area is 126 Å². The Balaban J connectivity index is 2.01. The molecule has 1 aliphatic rings. The summed E-state index contributed by atoms with van der Waals surface area (Å²) < 4.78 is 0. The first-order valence-corrected chi connectivity index (χ1v) is 7.66. The fraction of sp³-hybridized carbons (Fsp3) is 0.562. The van der Waals surface area contributed by atoms with Gasteiger partial charge in [0.15, 0.2) is 0 Å². The van der Waals surface area contributed by atoms with E-state index >= 15 is 0 Å². The van der Waals surface area contributed by atoms with Crippen molar-refractivity contribution in [3.63, 3.8) is 0 Å². The fourth-order valence-electron chi connectivity index (χ4n) is 2.70. The minimum absolute atomic E-state index is 0.0147. The second kappa shape index (κ2) is 7.43. The number of carbonyl (C=O) groups excluding carboxylic acids is 1. The molecule has 0 aliphatic carbocycles. The minimum atomic E-state index is -0.135. The van der Waals surface area contributed by atoms with Gasteiger partial charge in [-0.2, -0.15) is 0 Å². The van der Waals surface area contributed by atoms with Crippen molar-refractivity contribution < 1.29 is 9.90 Å². The van der Waals surface area contributed by atoms with Crippen LogP contribution in [0.25, 0.3) is 0 Å². The van der Waals surface area contributed by atoms with Gasteiger partial charge in [-0.15, -0.1) is 0 Å². The highest BCUT2D eigenvalue weighted by Crippen LogP contribution is 2.19. The average molecular weight is 291 g/mol. The summed E-state index contributed by atoms with van der Waals surface area (Å²) in [6.45, 7) is 2.66. The van der Waals surface area contributed by atoms with Gasteiger partial charge < -0.3 is 21.1 Å². The molecule has 0 aromatic heterocycles. The summed E-state index contributed by atoms with van der Waals surface area (Å²) in [5, 5.41) is 12.4. The summed E-state index contributed by atoms with van der Waals surface area (Å²) in [6, 6.07) is 7.35. The molecule has 0 radical (unpaired) electrons. The monoisotopic (exact) mass is 291 g/mol. The van der Waals surface area contributed by atoms with Gasteiger partial charge in [0, 0.05) is 18.3 Å². The van der Waals surface area contributed by atoms with Crippen LogP contribution < -0.4 is 11.1 Å². The number of amides is 2. The van der Waals surface area contributed by atoms with Gasteiger partial charge in [0.1, 0.15) is 0 Å². The first-order chi connectivity index (χ1) is 10.1. The third kappa shape index (κ3) is 4.19. The van der Waals surface area contributed by atoms with Gasteiger partial charge in [-0.05, 0) is 37.5 Å². The fourth-order valence-corrected chi connectivity index (χ4v) is 2.70. The van der Waals surface area contributed by atoms with Crippen LogP contribution in [0.15, 0.2) is 24.3 Å². The Morgan fingerprint density at radius 3 is 2.71 bits per heavy atom. The molecule has 1 saturated heterocycles. The largest absolute Gasteiger partial charge is 0.394 e. The van der Waals surface area contributed by atoms with Crippen LogP contribution in [-0.2, 0) is 0 Å². The number of aliphatic hydroxyl groups is 1. The molecular weight excluding hydrogens is 266 g/mol. The molecule has 2 atom stereocenters. The van der Waals surface area contributed by atoms with E-state index in [0.717, 1.165) is 36.9 Å². The molecule has 1 fully saturated rings. The lowest BCUT2D eigenvalue weighted by atomic mass is 10.1. The van der Waals surface area contributed by atoms with Gasteiger partial charge in [0.05, 0.1) is 12.6 Å². The molecule has 1 aromatic rings. The second-order valence-corrected chi connectivity index (χ2v) is 5.72. The zero-order chi connectivity index (χ0) is 15.2. The Bertz CT molecular complexity index is 459. The van der Waals surface area contributed by atoms with Gasteiger partial charge in [0.2, 0.25) is 0 Å². The molecule has 2 unspecified atom stereocenters. The number of rotatable bonds is 3. The lowest BCUT2D eigenvalue weighted by molar-refractivity contribution is 0.142. The van der Waals surface area contributed by atoms with E-state index in [2.05, 4.69) is 5.32 Å². The van der Waals surface area contributed by atoms with E-state index in [0.29, 0.717) is 6.54 Å². The predicted octanol–water partition coefficient (Wildman–Crippen LogP) is 2.48. The number of hydrogen-bond acceptors (Lipinski definition) is 3. The van der Waals surface area contributed by atoms with E-state index in [1.54, 1.807) is 4.90 Å². The summed E-state index contributed by atoms with van der Waals surface area (Å²) in [5.41, 5.74) is 7.61. The number of anilines is 1. The predicted molar refractivity (Wildman–Crippen MR) is 84.1 cm³/mol. The summed E-state index contributed by atoms with van der Waals surface area (Å²) >= 11 is 0. The molecule has 1 aliphatic heterocycles. The SMILES string of the molecule is CC(N)c1ccc(NC(=O)N2CCCCCC2CO)cc1. The van der Waals surface area contributed by atoms with E-state index < -0.39 is 0 Å². The molecule has 0 saturated carbocycles. The number of urea groups is 1. The van der Waals surface area contributed by atoms with Gasteiger partial charge in [-0.3, -0.25) is 0 Å². The Morgan fingerprint density at radius 1 is 1.38 bits per heavy atom. The molecule has 2 rings (SSSR count). The van der Waals surface area contributed by atoms with Crippen LogP contribution in [0.4, 0.5) is 10.5 Å². The van der Waals surface area contributed by atoms with Crippen molar-refractivity contribution in [2.24, 2.45) is 5.73 Å². The van der Waals surface area contributed by atoms with Crippen LogP contribution in [-0.4, -0.2) is 35.2 Å². The molecule has 21 heavy (non-hydrogen) atoms. The number of likely N-dealkylation sites (tertiary alicyclic amines) is 1. The van der Waals surface area contributed by atoms with E-state index in [4.69, 9.17) is 5.73 Å². The third-order valence-electron chi connectivity index (χ3n) is 4.04. The van der Waals surface area contributed by atoms with Crippen LogP contribution >= 0.6 is 0 Å². The highest BCUT2D eigenvalue weighted by molar-refractivity contribution is 5.89. The quantitative estimate of drug-likeness (QED) is 0.800. The van der Waals surface area contributed by atoms with Gasteiger partial charge in [-0.1, -0.05) is 25.0 Å². The maximum atomic E-state index is 12.4. The van der Waals surface area contributed by atoms with Crippen molar-refractivity contribution >= 4 is 11.7 Å². The van der Waals surface area contributed by atoms with Crippen molar-refractivity contribution in [2.45, 2.75) is 44.7 Å². The molecule has 5 heteroatoms. The number of carbonyl (C=O) groups is 1. The standard InChI is InChI=1S/C16H25N3O2/c1-12(17)13-6-8-14(9-7-13)18-16(21)19-10-4-2-3-5-15(19)11-20/h6-9,12,15,20H,2-5,10-11,17H2,1H3,(H,18,21). The van der Waals surface area contributed by atoms with Crippen molar-refractivity contribution in [1.82, 2.24) is 4.90 Å². The molecule has 2 amide bonds. The molecule has 1 aromatic carbocycles. The van der Waals surface area contributed by atoms with E-state index in [1.807, 2.05) is 31.2 Å². The van der Waals surface area contributed by atoms with Crippen LogP contribution in [0.3, 0.4) is 0 Å². The van der Waals surface area contributed by atoms with Crippen LogP contribution in [0.5, 0.6) is 0 Å². The molecule has 5 nitrogen and oxygen atoms in total. The zero-order valence-corrected chi connectivity index (χ0v) is 12.6. The molecule has 4 N–H and O–H groups in total. The number of nitrogens with one attached hydrogen (secondary N) is 1. The Kier molecular flexibility index (Phi) is 5.59. The highest BCUT2D eigenvalue weighted by atomic mass is 16.3. The van der Waals surface area contributed by atoms with E-state index in [9.17, 15) is 9.90 Å². The number of benzene rings is 1. The Hall–Kier alpha value is -1.59. The first-order valence-electron chi connectivity index (χ1n) is 7.66. The van der Waals surface area contributed by atoms with Crippen molar-refractivity contribution in [3.05, 3.63) is 29.8 Å². The summed E-state index contributed by atoms with van der Waals surface area (Å²) in [5.74, 6) is 0. The molecule has 116 valence electrons. The van der Waals surface area contributed by atoms with Crippen molar-refractivity contribution in [1.29, 1.82) is 0 Å². The normalized spacial score (nSPS) is 20.7. The molecular formula is C16H25N3O2. The zero-order valence-electron chi connectivity index (χ0n) is 12.6. The van der Waals surface area contributed by atoms with Crippen LogP contribution in [0.2, 0.25) is 0 Å². The van der Waals surface area contributed by atoms with Crippen molar-refractivity contribution in [2.75, 3.05) is 18.5 Å². The molecule has 0 spiro atoms. The number of aliphatic hydroxyl groups excluding tert-OH is 1. The number of nitrogens with zero attached hydrogens (tertiary/aromatic N) is 1. The van der Waals surface area contributed by atoms with Gasteiger partial charge in [0.25, 0.3) is 0 Å². The maximum Gasteiger partial charge on any atom is 0.322 e. The van der Waals surface area contributed by atoms with Gasteiger partial charge in [-0.25, -0.2) is 4.79 Å². The van der Waals surface area contributed by atoms with Crippen LogP contribution in [0, 0.1) is 0 Å². The minimum Gasteiger partial charge on any atom is -0.394 e. The highest BCUT2D eigenvalue weighted by Gasteiger charge is 2.24. The first kappa shape index (κ1) is 15.8. The second-order valence-electron chi connectivity index (χ2n) is 5.72. The molecule has 1 heterocycles. The average Bonchev–Trinajstić information content (AvgIpc) is 2.72. The van der Waals surface area contributed by atoms with Crippen molar-refractivity contribution in [3.8, 4) is 0 Å². The smallest absolute Gasteiger partial charge is 0.322 e. The lowest BCUT2D eigenvalue weighted by Gasteiger charge is -2.28. The lowest BCUT2D eigenvalue weighted by Crippen LogP contribution is -2.44. The third-order valence-corrected chi connectivity index (χ3v) is 4.04. The van der Waals surface area contributed by atoms with Gasteiger partial charge >= 0.3 is 6.03 Å². The topological polar surface area (TPSA) is 78.6 Å². The summed E-state index contributed by atoms with van der Waals surface area (Å²) in [7, 11) is 0. The Morgan fingerprint density at radius 2 is 2.10 bits per heavy atom.